The maximum atomic E-state index is 10.7. The number of hydrogen-bond donors (Lipinski definition) is 2. The van der Waals surface area contributed by atoms with Gasteiger partial charge in [0.25, 0.3) is 0 Å². The number of aliphatic hydroxyl groups excluding tert-OH is 1. The molecule has 3 N–H and O–H groups in total. The van der Waals surface area contributed by atoms with Crippen molar-refractivity contribution < 1.29 is 14.6 Å². The summed E-state index contributed by atoms with van der Waals surface area (Å²) in [5.41, 5.74) is 6.96. The lowest BCUT2D eigenvalue weighted by Crippen LogP contribution is -2.42. The minimum absolute atomic E-state index is 0.156. The summed E-state index contributed by atoms with van der Waals surface area (Å²) in [6.07, 6.45) is 5.15. The molecule has 0 saturated carbocycles. The van der Waals surface area contributed by atoms with Crippen molar-refractivity contribution in [2.24, 2.45) is 0 Å². The predicted molar refractivity (Wildman–Crippen MR) is 86.9 cm³/mol. The number of aliphatic hydroxyl groups is 1. The van der Waals surface area contributed by atoms with Gasteiger partial charge >= 0.3 is 0 Å². The number of methoxy groups -OCH3 is 1. The third-order valence-corrected chi connectivity index (χ3v) is 4.64. The largest absolute Gasteiger partial charge is 0.386 e. The Morgan fingerprint density at radius 2 is 2.26 bits per heavy atom. The molecule has 23 heavy (non-hydrogen) atoms. The van der Waals surface area contributed by atoms with Crippen LogP contribution in [0.4, 0.5) is 11.6 Å². The van der Waals surface area contributed by atoms with Gasteiger partial charge in [0, 0.05) is 18.9 Å². The topological polar surface area (TPSA) is 93.7 Å². The number of nitrogens with zero attached hydrogens (tertiary/aromatic N) is 3. The van der Waals surface area contributed by atoms with Gasteiger partial charge in [0.2, 0.25) is 0 Å². The van der Waals surface area contributed by atoms with Gasteiger partial charge < -0.3 is 25.2 Å². The number of allylic oxidation sites excluding steroid dienone is 1. The second-order valence-corrected chi connectivity index (χ2v) is 6.09. The van der Waals surface area contributed by atoms with Crippen LogP contribution < -0.4 is 10.6 Å². The molecule has 2 aliphatic heterocycles. The maximum Gasteiger partial charge on any atom is 0.164 e. The first-order valence-corrected chi connectivity index (χ1v) is 8.00. The summed E-state index contributed by atoms with van der Waals surface area (Å²) in [6, 6.07) is 0. The number of ether oxygens (including phenoxy) is 2. The third kappa shape index (κ3) is 2.69. The fourth-order valence-electron chi connectivity index (χ4n) is 3.42. The zero-order valence-electron chi connectivity index (χ0n) is 13.7. The molecule has 2 aliphatic rings. The van der Waals surface area contributed by atoms with Gasteiger partial charge in [0.15, 0.2) is 6.23 Å². The Bertz CT molecular complexity index is 595. The predicted octanol–water partition coefficient (Wildman–Crippen LogP) is 1.40. The molecule has 1 fully saturated rings. The fourth-order valence-corrected chi connectivity index (χ4v) is 3.42. The Hall–Kier alpha value is -1.70. The molecular weight excluding hydrogens is 296 g/mol. The van der Waals surface area contributed by atoms with Crippen LogP contribution in [0.3, 0.4) is 0 Å². The average Bonchev–Trinajstić information content (AvgIpc) is 2.76. The van der Waals surface area contributed by atoms with E-state index >= 15 is 0 Å². The Labute approximate surface area is 136 Å². The lowest BCUT2D eigenvalue weighted by Gasteiger charge is -2.29. The fraction of sp³-hybridized carbons (Fsp3) is 0.625. The molecule has 0 spiro atoms. The monoisotopic (exact) mass is 320 g/mol. The summed E-state index contributed by atoms with van der Waals surface area (Å²) in [6.45, 7) is 4.10. The van der Waals surface area contributed by atoms with E-state index in [2.05, 4.69) is 16.9 Å². The van der Waals surface area contributed by atoms with Gasteiger partial charge in [-0.05, 0) is 18.8 Å². The van der Waals surface area contributed by atoms with Crippen molar-refractivity contribution in [3.8, 4) is 0 Å². The van der Waals surface area contributed by atoms with E-state index < -0.39 is 12.3 Å². The van der Waals surface area contributed by atoms with E-state index in [1.165, 1.54) is 6.33 Å². The summed E-state index contributed by atoms with van der Waals surface area (Å²) in [7, 11) is 1.59. The van der Waals surface area contributed by atoms with Crippen molar-refractivity contribution in [3.05, 3.63) is 24.2 Å². The number of fused-ring (bicyclic) bond motifs is 1. The van der Waals surface area contributed by atoms with Crippen LogP contribution in [-0.4, -0.2) is 46.7 Å². The second kappa shape index (κ2) is 6.43. The van der Waals surface area contributed by atoms with Gasteiger partial charge in [-0.1, -0.05) is 19.9 Å². The highest BCUT2D eigenvalue weighted by Gasteiger charge is 2.46. The Morgan fingerprint density at radius 1 is 1.48 bits per heavy atom. The van der Waals surface area contributed by atoms with Crippen LogP contribution >= 0.6 is 0 Å². The maximum absolute atomic E-state index is 10.7. The van der Waals surface area contributed by atoms with E-state index in [1.54, 1.807) is 7.11 Å². The van der Waals surface area contributed by atoms with Crippen LogP contribution in [0.1, 0.15) is 38.2 Å². The van der Waals surface area contributed by atoms with E-state index in [9.17, 15) is 5.11 Å². The van der Waals surface area contributed by atoms with Crippen molar-refractivity contribution >= 4 is 11.6 Å². The summed E-state index contributed by atoms with van der Waals surface area (Å²) >= 11 is 0. The minimum Gasteiger partial charge on any atom is -0.386 e. The summed E-state index contributed by atoms with van der Waals surface area (Å²) in [4.78, 5) is 10.4. The van der Waals surface area contributed by atoms with Gasteiger partial charge in [0.1, 0.15) is 30.2 Å². The van der Waals surface area contributed by atoms with Crippen LogP contribution in [-0.2, 0) is 9.47 Å². The highest BCUT2D eigenvalue weighted by Crippen LogP contribution is 2.38. The molecule has 3 heterocycles. The molecule has 0 amide bonds. The number of nitrogens with two attached hydrogens (primary N) is 1. The SMILES string of the molecule is CCC1OC(N2C=CCC(C)c3c(N)ncnc32)C(O)C1OC. The van der Waals surface area contributed by atoms with E-state index in [0.717, 1.165) is 18.4 Å². The number of aromatic nitrogens is 2. The van der Waals surface area contributed by atoms with E-state index in [1.807, 2.05) is 24.1 Å². The summed E-state index contributed by atoms with van der Waals surface area (Å²) in [5, 5.41) is 10.7. The number of anilines is 2. The lowest BCUT2D eigenvalue weighted by atomic mass is 9.99. The molecule has 0 bridgehead atoms. The first-order valence-electron chi connectivity index (χ1n) is 8.00. The average molecular weight is 320 g/mol. The van der Waals surface area contributed by atoms with E-state index in [0.29, 0.717) is 11.6 Å². The van der Waals surface area contributed by atoms with Crippen LogP contribution in [0.2, 0.25) is 0 Å². The highest BCUT2D eigenvalue weighted by atomic mass is 16.6. The second-order valence-electron chi connectivity index (χ2n) is 6.09. The molecule has 5 atom stereocenters. The molecule has 1 aromatic rings. The number of hydrogen-bond acceptors (Lipinski definition) is 7. The molecule has 3 rings (SSSR count). The van der Waals surface area contributed by atoms with Gasteiger partial charge in [-0.3, -0.25) is 0 Å². The first kappa shape index (κ1) is 16.2. The molecule has 126 valence electrons. The van der Waals surface area contributed by atoms with Crippen molar-refractivity contribution in [3.63, 3.8) is 0 Å². The van der Waals surface area contributed by atoms with Gasteiger partial charge in [-0.25, -0.2) is 9.97 Å². The van der Waals surface area contributed by atoms with Crippen LogP contribution in [0.25, 0.3) is 0 Å². The zero-order chi connectivity index (χ0) is 16.6. The molecule has 0 radical (unpaired) electrons. The number of nitrogen functional groups attached to an aromatic ring is 1. The van der Waals surface area contributed by atoms with Crippen LogP contribution in [0.15, 0.2) is 18.6 Å². The molecule has 7 nitrogen and oxygen atoms in total. The standard InChI is InChI=1S/C16H24N4O3/c1-4-10-13(22-3)12(21)16(23-10)20-7-5-6-9(2)11-14(17)18-8-19-15(11)20/h5,7-10,12-13,16,21H,4,6H2,1-3H3,(H2,17,18,19). The van der Waals surface area contributed by atoms with Crippen LogP contribution in [0, 0.1) is 0 Å². The molecular formula is C16H24N4O3. The minimum atomic E-state index is -0.771. The van der Waals surface area contributed by atoms with Crippen LogP contribution in [0.5, 0.6) is 0 Å². The smallest absolute Gasteiger partial charge is 0.164 e. The van der Waals surface area contributed by atoms with Gasteiger partial charge in [0.05, 0.1) is 6.10 Å². The summed E-state index contributed by atoms with van der Waals surface area (Å²) < 4.78 is 11.5. The molecule has 0 aromatic carbocycles. The first-order chi connectivity index (χ1) is 11.1. The lowest BCUT2D eigenvalue weighted by molar-refractivity contribution is -0.0118. The summed E-state index contributed by atoms with van der Waals surface area (Å²) in [5.74, 6) is 1.36. The molecule has 0 aliphatic carbocycles. The molecule has 1 aromatic heterocycles. The van der Waals surface area contributed by atoms with E-state index in [-0.39, 0.29) is 18.1 Å². The third-order valence-electron chi connectivity index (χ3n) is 4.64. The molecule has 5 unspecified atom stereocenters. The Kier molecular flexibility index (Phi) is 4.52. The molecule has 1 saturated heterocycles. The number of rotatable bonds is 3. The van der Waals surface area contributed by atoms with E-state index in [4.69, 9.17) is 15.2 Å². The highest BCUT2D eigenvalue weighted by molar-refractivity contribution is 5.61. The normalized spacial score (nSPS) is 33.6. The van der Waals surface area contributed by atoms with Gasteiger partial charge in [-0.2, -0.15) is 0 Å². The van der Waals surface area contributed by atoms with Crippen molar-refractivity contribution in [1.29, 1.82) is 0 Å². The Morgan fingerprint density at radius 3 is 2.91 bits per heavy atom. The zero-order valence-corrected chi connectivity index (χ0v) is 13.7. The Balaban J connectivity index is 2.00. The quantitative estimate of drug-likeness (QED) is 0.869. The van der Waals surface area contributed by atoms with Gasteiger partial charge in [-0.15, -0.1) is 0 Å². The van der Waals surface area contributed by atoms with Crippen molar-refractivity contribution in [2.75, 3.05) is 17.7 Å². The molecule has 7 heteroatoms. The van der Waals surface area contributed by atoms with Crippen molar-refractivity contribution in [1.82, 2.24) is 9.97 Å². The van der Waals surface area contributed by atoms with Crippen molar-refractivity contribution in [2.45, 2.75) is 57.1 Å².